The molecular formula is C17H18N2O2. The number of aryl methyl sites for hydroxylation is 2. The molecule has 0 aliphatic heterocycles. The standard InChI is InChI=1S/C17H18N2O2/c1-3-19-10-4-7-16(19)17(21)18-15-12-13(2)8-9-14(15)6-5-11-20/h4,7-10,12,20H,3,11H2,1-2H3,(H,18,21). The van der Waals surface area contributed by atoms with Crippen LogP contribution < -0.4 is 5.32 Å². The number of aromatic nitrogens is 1. The fourth-order valence-corrected chi connectivity index (χ4v) is 2.09. The van der Waals surface area contributed by atoms with Gasteiger partial charge in [0, 0.05) is 18.3 Å². The van der Waals surface area contributed by atoms with E-state index in [1.54, 1.807) is 6.07 Å². The number of rotatable bonds is 3. The van der Waals surface area contributed by atoms with Gasteiger partial charge in [0.15, 0.2) is 0 Å². The predicted octanol–water partition coefficient (Wildman–Crippen LogP) is 2.41. The summed E-state index contributed by atoms with van der Waals surface area (Å²) < 4.78 is 1.88. The summed E-state index contributed by atoms with van der Waals surface area (Å²) in [6.07, 6.45) is 1.87. The Morgan fingerprint density at radius 2 is 2.19 bits per heavy atom. The van der Waals surface area contributed by atoms with Crippen molar-refractivity contribution in [2.24, 2.45) is 0 Å². The Hall–Kier alpha value is -2.51. The maximum absolute atomic E-state index is 12.4. The van der Waals surface area contributed by atoms with Crippen molar-refractivity contribution in [2.45, 2.75) is 20.4 Å². The average molecular weight is 282 g/mol. The van der Waals surface area contributed by atoms with E-state index in [9.17, 15) is 4.79 Å². The monoisotopic (exact) mass is 282 g/mol. The van der Waals surface area contributed by atoms with Gasteiger partial charge >= 0.3 is 0 Å². The van der Waals surface area contributed by atoms with Crippen LogP contribution in [0, 0.1) is 18.8 Å². The number of carbonyl (C=O) groups is 1. The van der Waals surface area contributed by atoms with Gasteiger partial charge in [-0.15, -0.1) is 0 Å². The van der Waals surface area contributed by atoms with Gasteiger partial charge in [0.05, 0.1) is 5.69 Å². The summed E-state index contributed by atoms with van der Waals surface area (Å²) in [7, 11) is 0. The van der Waals surface area contributed by atoms with Crippen LogP contribution in [0.5, 0.6) is 0 Å². The van der Waals surface area contributed by atoms with Crippen molar-refractivity contribution >= 4 is 11.6 Å². The summed E-state index contributed by atoms with van der Waals surface area (Å²) in [5.74, 6) is 5.28. The predicted molar refractivity (Wildman–Crippen MR) is 83.2 cm³/mol. The Morgan fingerprint density at radius 3 is 2.90 bits per heavy atom. The molecule has 4 nitrogen and oxygen atoms in total. The highest BCUT2D eigenvalue weighted by Gasteiger charge is 2.12. The Kier molecular flexibility index (Phi) is 4.81. The Morgan fingerprint density at radius 1 is 1.38 bits per heavy atom. The lowest BCUT2D eigenvalue weighted by atomic mass is 10.1. The van der Waals surface area contributed by atoms with Gasteiger partial charge in [-0.25, -0.2) is 0 Å². The van der Waals surface area contributed by atoms with E-state index in [-0.39, 0.29) is 12.5 Å². The van der Waals surface area contributed by atoms with Gasteiger partial charge in [0.2, 0.25) is 0 Å². The van der Waals surface area contributed by atoms with Crippen LogP contribution in [0.15, 0.2) is 36.5 Å². The Bertz CT molecular complexity index is 705. The van der Waals surface area contributed by atoms with Crippen molar-refractivity contribution in [3.8, 4) is 11.8 Å². The fourth-order valence-electron chi connectivity index (χ4n) is 2.09. The summed E-state index contributed by atoms with van der Waals surface area (Å²) in [5.41, 5.74) is 2.99. The van der Waals surface area contributed by atoms with Gasteiger partial charge in [-0.2, -0.15) is 0 Å². The van der Waals surface area contributed by atoms with Gasteiger partial charge < -0.3 is 15.0 Å². The molecule has 0 aliphatic carbocycles. The topological polar surface area (TPSA) is 54.3 Å². The minimum absolute atomic E-state index is 0.167. The summed E-state index contributed by atoms with van der Waals surface area (Å²) in [5, 5.41) is 11.7. The van der Waals surface area contributed by atoms with E-state index in [0.29, 0.717) is 16.9 Å². The molecule has 0 radical (unpaired) electrons. The van der Waals surface area contributed by atoms with Crippen molar-refractivity contribution in [2.75, 3.05) is 11.9 Å². The maximum atomic E-state index is 12.4. The molecule has 1 aromatic heterocycles. The molecule has 1 amide bonds. The van der Waals surface area contributed by atoms with E-state index < -0.39 is 0 Å². The lowest BCUT2D eigenvalue weighted by Gasteiger charge is -2.10. The largest absolute Gasteiger partial charge is 0.384 e. The maximum Gasteiger partial charge on any atom is 0.272 e. The molecule has 2 N–H and O–H groups in total. The third-order valence-corrected chi connectivity index (χ3v) is 3.13. The van der Waals surface area contributed by atoms with E-state index in [1.807, 2.05) is 48.9 Å². The van der Waals surface area contributed by atoms with E-state index >= 15 is 0 Å². The molecule has 0 atom stereocenters. The van der Waals surface area contributed by atoms with Crippen LogP contribution in [0.3, 0.4) is 0 Å². The Balaban J connectivity index is 2.30. The number of hydrogen-bond acceptors (Lipinski definition) is 2. The van der Waals surface area contributed by atoms with Crippen LogP contribution in [-0.4, -0.2) is 22.2 Å². The van der Waals surface area contributed by atoms with Crippen LogP contribution in [0.1, 0.15) is 28.5 Å². The third kappa shape index (κ3) is 3.53. The number of aliphatic hydroxyl groups is 1. The number of anilines is 1. The minimum atomic E-state index is -0.208. The molecule has 1 aromatic carbocycles. The van der Waals surface area contributed by atoms with E-state index in [4.69, 9.17) is 5.11 Å². The minimum Gasteiger partial charge on any atom is -0.384 e. The molecule has 2 aromatic rings. The second-order valence-corrected chi connectivity index (χ2v) is 4.64. The number of nitrogens with one attached hydrogen (secondary N) is 1. The molecular weight excluding hydrogens is 264 g/mol. The molecule has 0 fully saturated rings. The van der Waals surface area contributed by atoms with Crippen LogP contribution in [0.2, 0.25) is 0 Å². The van der Waals surface area contributed by atoms with Gasteiger partial charge in [-0.1, -0.05) is 17.9 Å². The molecule has 108 valence electrons. The van der Waals surface area contributed by atoms with Crippen molar-refractivity contribution < 1.29 is 9.90 Å². The smallest absolute Gasteiger partial charge is 0.272 e. The molecule has 0 unspecified atom stereocenters. The van der Waals surface area contributed by atoms with Crippen LogP contribution >= 0.6 is 0 Å². The van der Waals surface area contributed by atoms with Gasteiger partial charge in [0.25, 0.3) is 5.91 Å². The first kappa shape index (κ1) is 14.9. The molecule has 0 spiro atoms. The highest BCUT2D eigenvalue weighted by atomic mass is 16.2. The molecule has 0 saturated heterocycles. The first-order valence-corrected chi connectivity index (χ1v) is 6.82. The zero-order valence-electron chi connectivity index (χ0n) is 12.2. The Labute approximate surface area is 124 Å². The molecule has 0 bridgehead atoms. The quantitative estimate of drug-likeness (QED) is 0.849. The zero-order chi connectivity index (χ0) is 15.2. The second-order valence-electron chi connectivity index (χ2n) is 4.64. The molecule has 0 saturated carbocycles. The summed E-state index contributed by atoms with van der Waals surface area (Å²) in [4.78, 5) is 12.4. The number of benzene rings is 1. The van der Waals surface area contributed by atoms with Gasteiger partial charge in [-0.05, 0) is 43.7 Å². The SMILES string of the molecule is CCn1cccc1C(=O)Nc1cc(C)ccc1C#CCO. The van der Waals surface area contributed by atoms with E-state index in [1.165, 1.54) is 0 Å². The van der Waals surface area contributed by atoms with Crippen molar-refractivity contribution in [1.82, 2.24) is 4.57 Å². The number of aliphatic hydroxyl groups excluding tert-OH is 1. The first-order valence-electron chi connectivity index (χ1n) is 6.82. The van der Waals surface area contributed by atoms with Crippen LogP contribution in [0.4, 0.5) is 5.69 Å². The second kappa shape index (κ2) is 6.78. The molecule has 1 heterocycles. The lowest BCUT2D eigenvalue weighted by Crippen LogP contribution is -2.17. The van der Waals surface area contributed by atoms with E-state index in [2.05, 4.69) is 17.2 Å². The van der Waals surface area contributed by atoms with Gasteiger partial charge in [-0.3, -0.25) is 4.79 Å². The highest BCUT2D eigenvalue weighted by molar-refractivity contribution is 6.04. The summed E-state index contributed by atoms with van der Waals surface area (Å²) >= 11 is 0. The number of amides is 1. The molecule has 2 rings (SSSR count). The summed E-state index contributed by atoms with van der Waals surface area (Å²) in [6, 6.07) is 9.27. The van der Waals surface area contributed by atoms with Crippen LogP contribution in [-0.2, 0) is 6.54 Å². The van der Waals surface area contributed by atoms with E-state index in [0.717, 1.165) is 12.1 Å². The zero-order valence-corrected chi connectivity index (χ0v) is 12.2. The number of carbonyl (C=O) groups excluding carboxylic acids is 1. The highest BCUT2D eigenvalue weighted by Crippen LogP contribution is 2.18. The summed E-state index contributed by atoms with van der Waals surface area (Å²) in [6.45, 7) is 4.47. The normalized spacial score (nSPS) is 9.86. The van der Waals surface area contributed by atoms with Gasteiger partial charge in [0.1, 0.15) is 12.3 Å². The van der Waals surface area contributed by atoms with Crippen molar-refractivity contribution in [3.05, 3.63) is 53.3 Å². The number of nitrogens with zero attached hydrogens (tertiary/aromatic N) is 1. The van der Waals surface area contributed by atoms with Crippen LogP contribution in [0.25, 0.3) is 0 Å². The average Bonchev–Trinajstić information content (AvgIpc) is 2.95. The first-order chi connectivity index (χ1) is 10.2. The van der Waals surface area contributed by atoms with Crippen molar-refractivity contribution in [3.63, 3.8) is 0 Å². The molecule has 21 heavy (non-hydrogen) atoms. The number of hydrogen-bond donors (Lipinski definition) is 2. The molecule has 4 heteroatoms. The third-order valence-electron chi connectivity index (χ3n) is 3.13. The lowest BCUT2D eigenvalue weighted by molar-refractivity contribution is 0.101. The van der Waals surface area contributed by atoms with Crippen molar-refractivity contribution in [1.29, 1.82) is 0 Å². The fraction of sp³-hybridized carbons (Fsp3) is 0.235. The molecule has 0 aliphatic rings.